The average Bonchev–Trinajstić information content (AvgIpc) is 2.05. The van der Waals surface area contributed by atoms with E-state index in [9.17, 15) is 5.11 Å². The Morgan fingerprint density at radius 3 is 2.40 bits per heavy atom. The molecule has 0 radical (unpaired) electrons. The maximum absolute atomic E-state index is 9.27. The Labute approximate surface area is 62.2 Å². The molecular formula is C8H15NO. The van der Waals surface area contributed by atoms with Crippen LogP contribution >= 0.6 is 0 Å². The SMILES string of the molecule is C/C=C(/O)N1CCCCC1. The topological polar surface area (TPSA) is 23.5 Å². The molecule has 0 amide bonds. The molecule has 0 aliphatic carbocycles. The molecular weight excluding hydrogens is 126 g/mol. The van der Waals surface area contributed by atoms with Gasteiger partial charge in [-0.1, -0.05) is 0 Å². The first kappa shape index (κ1) is 7.45. The lowest BCUT2D eigenvalue weighted by molar-refractivity contribution is 0.174. The van der Waals surface area contributed by atoms with E-state index >= 15 is 0 Å². The van der Waals surface area contributed by atoms with Gasteiger partial charge in [0, 0.05) is 13.1 Å². The van der Waals surface area contributed by atoms with Gasteiger partial charge in [0.1, 0.15) is 0 Å². The zero-order valence-electron chi connectivity index (χ0n) is 6.51. The smallest absolute Gasteiger partial charge is 0.182 e. The van der Waals surface area contributed by atoms with Crippen molar-refractivity contribution in [2.75, 3.05) is 13.1 Å². The summed E-state index contributed by atoms with van der Waals surface area (Å²) in [7, 11) is 0. The van der Waals surface area contributed by atoms with E-state index in [1.54, 1.807) is 6.08 Å². The molecule has 1 N–H and O–H groups in total. The van der Waals surface area contributed by atoms with Gasteiger partial charge in [0.2, 0.25) is 0 Å². The van der Waals surface area contributed by atoms with Crippen molar-refractivity contribution < 1.29 is 5.11 Å². The van der Waals surface area contributed by atoms with E-state index in [2.05, 4.69) is 0 Å². The highest BCUT2D eigenvalue weighted by molar-refractivity contribution is 4.89. The Hall–Kier alpha value is -0.660. The first-order valence-electron chi connectivity index (χ1n) is 3.95. The summed E-state index contributed by atoms with van der Waals surface area (Å²) in [5.74, 6) is 0.444. The summed E-state index contributed by atoms with van der Waals surface area (Å²) in [5.41, 5.74) is 0. The van der Waals surface area contributed by atoms with Crippen molar-refractivity contribution in [2.24, 2.45) is 0 Å². The van der Waals surface area contributed by atoms with Crippen LogP contribution < -0.4 is 0 Å². The molecule has 0 aromatic carbocycles. The van der Waals surface area contributed by atoms with Crippen molar-refractivity contribution in [3.63, 3.8) is 0 Å². The lowest BCUT2D eigenvalue weighted by atomic mass is 10.1. The standard InChI is InChI=1S/C8H15NO/c1-2-8(10)9-6-4-3-5-7-9/h2,10H,3-7H2,1H3/b8-2+. The Balaban J connectivity index is 2.39. The quantitative estimate of drug-likeness (QED) is 0.564. The van der Waals surface area contributed by atoms with E-state index < -0.39 is 0 Å². The number of allylic oxidation sites excluding steroid dienone is 1. The summed E-state index contributed by atoms with van der Waals surface area (Å²) in [6, 6.07) is 0. The molecule has 2 heteroatoms. The maximum Gasteiger partial charge on any atom is 0.182 e. The van der Waals surface area contributed by atoms with E-state index in [0.717, 1.165) is 13.1 Å². The van der Waals surface area contributed by atoms with Crippen LogP contribution in [0.3, 0.4) is 0 Å². The van der Waals surface area contributed by atoms with Gasteiger partial charge < -0.3 is 10.0 Å². The van der Waals surface area contributed by atoms with E-state index in [-0.39, 0.29) is 0 Å². The summed E-state index contributed by atoms with van der Waals surface area (Å²) in [6.45, 7) is 3.91. The van der Waals surface area contributed by atoms with Crippen molar-refractivity contribution in [1.29, 1.82) is 0 Å². The van der Waals surface area contributed by atoms with Crippen molar-refractivity contribution in [3.8, 4) is 0 Å². The first-order chi connectivity index (χ1) is 4.84. The molecule has 1 aliphatic rings. The fourth-order valence-electron chi connectivity index (χ4n) is 1.31. The molecule has 2 nitrogen and oxygen atoms in total. The fraction of sp³-hybridized carbons (Fsp3) is 0.750. The fourth-order valence-corrected chi connectivity index (χ4v) is 1.31. The average molecular weight is 141 g/mol. The summed E-state index contributed by atoms with van der Waals surface area (Å²) < 4.78 is 0. The van der Waals surface area contributed by atoms with Crippen LogP contribution in [0.5, 0.6) is 0 Å². The second kappa shape index (κ2) is 3.49. The van der Waals surface area contributed by atoms with Crippen molar-refractivity contribution in [2.45, 2.75) is 26.2 Å². The monoisotopic (exact) mass is 141 g/mol. The van der Waals surface area contributed by atoms with Crippen molar-refractivity contribution in [1.82, 2.24) is 4.90 Å². The predicted octanol–water partition coefficient (Wildman–Crippen LogP) is 1.89. The van der Waals surface area contributed by atoms with Crippen molar-refractivity contribution in [3.05, 3.63) is 12.0 Å². The molecule has 1 fully saturated rings. The van der Waals surface area contributed by atoms with Crippen molar-refractivity contribution >= 4 is 0 Å². The van der Waals surface area contributed by atoms with Crippen LogP contribution in [0.25, 0.3) is 0 Å². The first-order valence-corrected chi connectivity index (χ1v) is 3.95. The lowest BCUT2D eigenvalue weighted by Crippen LogP contribution is -2.28. The molecule has 10 heavy (non-hydrogen) atoms. The van der Waals surface area contributed by atoms with Crippen LogP contribution in [0.15, 0.2) is 12.0 Å². The van der Waals surface area contributed by atoms with Crippen LogP contribution in [0, 0.1) is 0 Å². The summed E-state index contributed by atoms with van der Waals surface area (Å²) in [5, 5.41) is 9.27. The van der Waals surface area contributed by atoms with Crippen LogP contribution in [-0.4, -0.2) is 23.1 Å². The number of nitrogens with zero attached hydrogens (tertiary/aromatic N) is 1. The molecule has 1 heterocycles. The van der Waals surface area contributed by atoms with E-state index in [1.807, 2.05) is 11.8 Å². The van der Waals surface area contributed by atoms with Crippen LogP contribution in [-0.2, 0) is 0 Å². The minimum Gasteiger partial charge on any atom is -0.495 e. The highest BCUT2D eigenvalue weighted by Gasteiger charge is 2.10. The second-order valence-electron chi connectivity index (χ2n) is 2.69. The third-order valence-corrected chi connectivity index (χ3v) is 1.94. The number of aliphatic hydroxyl groups is 1. The molecule has 0 unspecified atom stereocenters. The Morgan fingerprint density at radius 1 is 1.30 bits per heavy atom. The molecule has 1 aliphatic heterocycles. The van der Waals surface area contributed by atoms with Gasteiger partial charge in [0.25, 0.3) is 0 Å². The van der Waals surface area contributed by atoms with E-state index in [4.69, 9.17) is 0 Å². The molecule has 0 saturated carbocycles. The molecule has 0 aromatic rings. The zero-order chi connectivity index (χ0) is 7.40. The molecule has 0 atom stereocenters. The second-order valence-corrected chi connectivity index (χ2v) is 2.69. The number of hydrogen-bond acceptors (Lipinski definition) is 2. The van der Waals surface area contributed by atoms with Crippen LogP contribution in [0.1, 0.15) is 26.2 Å². The lowest BCUT2D eigenvalue weighted by Gasteiger charge is -2.27. The van der Waals surface area contributed by atoms with Crippen LogP contribution in [0.2, 0.25) is 0 Å². The normalized spacial score (nSPS) is 21.3. The zero-order valence-corrected chi connectivity index (χ0v) is 6.51. The molecule has 0 spiro atoms. The predicted molar refractivity (Wildman–Crippen MR) is 41.8 cm³/mol. The number of aliphatic hydroxyl groups excluding tert-OH is 1. The third kappa shape index (κ3) is 1.66. The molecule has 1 saturated heterocycles. The number of hydrogen-bond donors (Lipinski definition) is 1. The molecule has 0 bridgehead atoms. The Morgan fingerprint density at radius 2 is 1.90 bits per heavy atom. The number of rotatable bonds is 1. The van der Waals surface area contributed by atoms with E-state index in [0.29, 0.717) is 5.88 Å². The van der Waals surface area contributed by atoms with Gasteiger partial charge in [0.15, 0.2) is 5.88 Å². The van der Waals surface area contributed by atoms with E-state index in [1.165, 1.54) is 19.3 Å². The van der Waals surface area contributed by atoms with Gasteiger partial charge in [-0.15, -0.1) is 0 Å². The maximum atomic E-state index is 9.27. The number of piperidine rings is 1. The minimum atomic E-state index is 0.444. The highest BCUT2D eigenvalue weighted by Crippen LogP contribution is 2.12. The third-order valence-electron chi connectivity index (χ3n) is 1.94. The summed E-state index contributed by atoms with van der Waals surface area (Å²) in [4.78, 5) is 2.03. The van der Waals surface area contributed by atoms with Gasteiger partial charge in [0.05, 0.1) is 0 Å². The Kier molecular flexibility index (Phi) is 2.60. The minimum absolute atomic E-state index is 0.444. The Bertz CT molecular complexity index is 125. The summed E-state index contributed by atoms with van der Waals surface area (Å²) in [6.07, 6.45) is 5.51. The van der Waals surface area contributed by atoms with Gasteiger partial charge in [-0.25, -0.2) is 0 Å². The molecule has 0 aromatic heterocycles. The van der Waals surface area contributed by atoms with Crippen LogP contribution in [0.4, 0.5) is 0 Å². The highest BCUT2D eigenvalue weighted by atomic mass is 16.3. The van der Waals surface area contributed by atoms with Gasteiger partial charge in [-0.05, 0) is 32.3 Å². The molecule has 58 valence electrons. The molecule has 1 rings (SSSR count). The van der Waals surface area contributed by atoms with Gasteiger partial charge >= 0.3 is 0 Å². The summed E-state index contributed by atoms with van der Waals surface area (Å²) >= 11 is 0. The van der Waals surface area contributed by atoms with Gasteiger partial charge in [-0.3, -0.25) is 0 Å². The van der Waals surface area contributed by atoms with Gasteiger partial charge in [-0.2, -0.15) is 0 Å². The largest absolute Gasteiger partial charge is 0.495 e. The number of likely N-dealkylation sites (tertiary alicyclic amines) is 1.